The molecule has 0 bridgehead atoms. The average Bonchev–Trinajstić information content (AvgIpc) is 3.04. The summed E-state index contributed by atoms with van der Waals surface area (Å²) < 4.78 is 0.963. The molecular weight excluding hydrogens is 270 g/mol. The second-order valence-corrected chi connectivity index (χ2v) is 5.45. The Morgan fingerprint density at radius 1 is 1.38 bits per heavy atom. The van der Waals surface area contributed by atoms with E-state index >= 15 is 0 Å². The molecule has 3 nitrogen and oxygen atoms in total. The summed E-state index contributed by atoms with van der Waals surface area (Å²) in [7, 11) is 0. The second kappa shape index (κ2) is 4.73. The van der Waals surface area contributed by atoms with Gasteiger partial charge in [-0.1, -0.05) is 15.9 Å². The van der Waals surface area contributed by atoms with Crippen LogP contribution in [0.2, 0.25) is 0 Å². The van der Waals surface area contributed by atoms with Gasteiger partial charge in [-0.2, -0.15) is 0 Å². The number of halogens is 1. The molecule has 1 aliphatic carbocycles. The predicted octanol–water partition coefficient (Wildman–Crippen LogP) is 2.02. The van der Waals surface area contributed by atoms with E-state index in [9.17, 15) is 5.11 Å². The first-order valence-electron chi connectivity index (χ1n) is 5.44. The maximum atomic E-state index is 9.63. The first-order valence-corrected chi connectivity index (χ1v) is 6.23. The largest absolute Gasteiger partial charge is 0.508 e. The molecule has 3 N–H and O–H groups in total. The van der Waals surface area contributed by atoms with Crippen LogP contribution in [0.5, 0.6) is 5.75 Å². The number of phenols is 1. The molecule has 1 aromatic carbocycles. The zero-order valence-corrected chi connectivity index (χ0v) is 10.6. The Morgan fingerprint density at radius 3 is 2.75 bits per heavy atom. The van der Waals surface area contributed by atoms with Gasteiger partial charge >= 0.3 is 0 Å². The van der Waals surface area contributed by atoms with E-state index < -0.39 is 0 Å². The highest BCUT2D eigenvalue weighted by Crippen LogP contribution is 2.44. The topological polar surface area (TPSA) is 52.5 Å². The number of aliphatic hydroxyl groups excluding tert-OH is 1. The molecule has 88 valence electrons. The number of benzene rings is 1. The zero-order valence-electron chi connectivity index (χ0n) is 9.04. The maximum Gasteiger partial charge on any atom is 0.120 e. The standard InChI is InChI=1S/C12H16BrNO2/c13-10-1-2-11(16)9(5-10)6-14-7-12(8-15)3-4-12/h1-2,5,14-16H,3-4,6-8H2. The molecule has 4 heteroatoms. The lowest BCUT2D eigenvalue weighted by atomic mass is 10.1. The number of rotatable bonds is 5. The van der Waals surface area contributed by atoms with E-state index in [1.54, 1.807) is 6.07 Å². The third-order valence-electron chi connectivity index (χ3n) is 3.15. The van der Waals surface area contributed by atoms with Crippen LogP contribution >= 0.6 is 15.9 Å². The molecule has 0 atom stereocenters. The first-order chi connectivity index (χ1) is 7.65. The lowest BCUT2D eigenvalue weighted by Crippen LogP contribution is -2.26. The summed E-state index contributed by atoms with van der Waals surface area (Å²) in [4.78, 5) is 0. The van der Waals surface area contributed by atoms with Crippen LogP contribution in [0.3, 0.4) is 0 Å². The highest BCUT2D eigenvalue weighted by molar-refractivity contribution is 9.10. The van der Waals surface area contributed by atoms with Crippen LogP contribution < -0.4 is 5.32 Å². The zero-order chi connectivity index (χ0) is 11.6. The van der Waals surface area contributed by atoms with E-state index in [1.807, 2.05) is 12.1 Å². The minimum absolute atomic E-state index is 0.113. The van der Waals surface area contributed by atoms with Crippen LogP contribution in [0.1, 0.15) is 18.4 Å². The minimum atomic E-state index is 0.113. The number of aliphatic hydroxyl groups is 1. The molecule has 16 heavy (non-hydrogen) atoms. The molecule has 2 rings (SSSR count). The number of hydrogen-bond acceptors (Lipinski definition) is 3. The third kappa shape index (κ3) is 2.75. The molecule has 1 aliphatic rings. The molecule has 1 fully saturated rings. The van der Waals surface area contributed by atoms with E-state index in [0.29, 0.717) is 12.3 Å². The van der Waals surface area contributed by atoms with Gasteiger partial charge in [0.1, 0.15) is 5.75 Å². The Morgan fingerprint density at radius 2 is 2.12 bits per heavy atom. The molecule has 0 saturated heterocycles. The number of aromatic hydroxyl groups is 1. The van der Waals surface area contributed by atoms with Crippen molar-refractivity contribution in [3.8, 4) is 5.75 Å². The monoisotopic (exact) mass is 285 g/mol. The lowest BCUT2D eigenvalue weighted by Gasteiger charge is -2.13. The van der Waals surface area contributed by atoms with Crippen molar-refractivity contribution in [1.82, 2.24) is 5.32 Å². The molecule has 0 radical (unpaired) electrons. The lowest BCUT2D eigenvalue weighted by molar-refractivity contribution is 0.207. The Balaban J connectivity index is 1.87. The van der Waals surface area contributed by atoms with Gasteiger partial charge in [0.15, 0.2) is 0 Å². The van der Waals surface area contributed by atoms with E-state index in [4.69, 9.17) is 5.11 Å². The Kier molecular flexibility index (Phi) is 3.52. The fraction of sp³-hybridized carbons (Fsp3) is 0.500. The van der Waals surface area contributed by atoms with Crippen LogP contribution in [0, 0.1) is 5.41 Å². The summed E-state index contributed by atoms with van der Waals surface area (Å²) >= 11 is 3.37. The van der Waals surface area contributed by atoms with Gasteiger partial charge in [0, 0.05) is 35.1 Å². The van der Waals surface area contributed by atoms with Gasteiger partial charge in [-0.25, -0.2) is 0 Å². The van der Waals surface area contributed by atoms with E-state index in [-0.39, 0.29) is 12.0 Å². The van der Waals surface area contributed by atoms with Gasteiger partial charge in [-0.15, -0.1) is 0 Å². The van der Waals surface area contributed by atoms with Gasteiger partial charge in [-0.05, 0) is 31.0 Å². The van der Waals surface area contributed by atoms with Gasteiger partial charge in [0.2, 0.25) is 0 Å². The summed E-state index contributed by atoms with van der Waals surface area (Å²) in [5.41, 5.74) is 0.991. The molecular formula is C12H16BrNO2. The number of phenolic OH excluding ortho intramolecular Hbond substituents is 1. The van der Waals surface area contributed by atoms with E-state index in [1.165, 1.54) is 0 Å². The molecule has 0 amide bonds. The van der Waals surface area contributed by atoms with Crippen molar-refractivity contribution >= 4 is 15.9 Å². The smallest absolute Gasteiger partial charge is 0.120 e. The predicted molar refractivity (Wildman–Crippen MR) is 66.3 cm³/mol. The van der Waals surface area contributed by atoms with Crippen LogP contribution in [-0.2, 0) is 6.54 Å². The van der Waals surface area contributed by atoms with Crippen molar-refractivity contribution in [2.24, 2.45) is 5.41 Å². The van der Waals surface area contributed by atoms with Crippen molar-refractivity contribution in [2.45, 2.75) is 19.4 Å². The fourth-order valence-corrected chi connectivity index (χ4v) is 2.13. The molecule has 0 spiro atoms. The highest BCUT2D eigenvalue weighted by Gasteiger charge is 2.41. The van der Waals surface area contributed by atoms with Gasteiger partial charge in [0.25, 0.3) is 0 Å². The molecule has 0 aliphatic heterocycles. The summed E-state index contributed by atoms with van der Waals surface area (Å²) in [6.45, 7) is 1.70. The molecule has 0 heterocycles. The third-order valence-corrected chi connectivity index (χ3v) is 3.64. The SMILES string of the molecule is OCC1(CNCc2cc(Br)ccc2O)CC1. The van der Waals surface area contributed by atoms with Gasteiger partial charge < -0.3 is 15.5 Å². The molecule has 1 saturated carbocycles. The summed E-state index contributed by atoms with van der Waals surface area (Å²) in [5, 5.41) is 22.1. The summed E-state index contributed by atoms with van der Waals surface area (Å²) in [6.07, 6.45) is 2.20. The van der Waals surface area contributed by atoms with Crippen LogP contribution in [0.4, 0.5) is 0 Å². The Hall–Kier alpha value is -0.580. The normalized spacial score (nSPS) is 17.4. The van der Waals surface area contributed by atoms with Crippen molar-refractivity contribution in [3.63, 3.8) is 0 Å². The molecule has 0 unspecified atom stereocenters. The van der Waals surface area contributed by atoms with Crippen LogP contribution in [-0.4, -0.2) is 23.4 Å². The van der Waals surface area contributed by atoms with E-state index in [0.717, 1.165) is 29.4 Å². The molecule has 1 aromatic rings. The summed E-state index contributed by atoms with van der Waals surface area (Å²) in [5.74, 6) is 0.310. The number of hydrogen-bond donors (Lipinski definition) is 3. The van der Waals surface area contributed by atoms with Crippen molar-refractivity contribution in [1.29, 1.82) is 0 Å². The van der Waals surface area contributed by atoms with Gasteiger partial charge in [-0.3, -0.25) is 0 Å². The second-order valence-electron chi connectivity index (χ2n) is 4.53. The summed E-state index contributed by atoms with van der Waals surface area (Å²) in [6, 6.07) is 5.40. The Bertz CT molecular complexity index is 377. The first kappa shape index (κ1) is 11.9. The minimum Gasteiger partial charge on any atom is -0.508 e. The maximum absolute atomic E-state index is 9.63. The van der Waals surface area contributed by atoms with Crippen molar-refractivity contribution in [3.05, 3.63) is 28.2 Å². The Labute approximate surface area is 104 Å². The van der Waals surface area contributed by atoms with Crippen molar-refractivity contribution < 1.29 is 10.2 Å². The van der Waals surface area contributed by atoms with Crippen LogP contribution in [0.15, 0.2) is 22.7 Å². The quantitative estimate of drug-likeness (QED) is 0.776. The van der Waals surface area contributed by atoms with Crippen molar-refractivity contribution in [2.75, 3.05) is 13.2 Å². The van der Waals surface area contributed by atoms with Crippen LogP contribution in [0.25, 0.3) is 0 Å². The highest BCUT2D eigenvalue weighted by atomic mass is 79.9. The molecule has 0 aromatic heterocycles. The van der Waals surface area contributed by atoms with E-state index in [2.05, 4.69) is 21.2 Å². The van der Waals surface area contributed by atoms with Gasteiger partial charge in [0.05, 0.1) is 0 Å². The fourth-order valence-electron chi connectivity index (χ4n) is 1.73. The average molecular weight is 286 g/mol. The number of nitrogens with one attached hydrogen (secondary N) is 1.